The van der Waals surface area contributed by atoms with Crippen molar-refractivity contribution in [2.75, 3.05) is 5.01 Å². The summed E-state index contributed by atoms with van der Waals surface area (Å²) in [4.78, 5) is 12.0. The van der Waals surface area contributed by atoms with Crippen LogP contribution < -0.4 is 5.01 Å². The molecule has 1 heterocycles. The first kappa shape index (κ1) is 12.0. The van der Waals surface area contributed by atoms with Crippen molar-refractivity contribution < 1.29 is 9.18 Å². The Morgan fingerprint density at radius 3 is 2.76 bits per heavy atom. The number of amides is 1. The molecule has 0 N–H and O–H groups in total. The Kier molecular flexibility index (Phi) is 3.15. The quantitative estimate of drug-likeness (QED) is 0.798. The van der Waals surface area contributed by atoms with Crippen molar-refractivity contribution in [1.82, 2.24) is 0 Å². The molecule has 3 nitrogen and oxygen atoms in total. The first-order valence-corrected chi connectivity index (χ1v) is 5.76. The van der Waals surface area contributed by atoms with Crippen molar-refractivity contribution >= 4 is 28.9 Å². The second-order valence-corrected chi connectivity index (χ2v) is 4.36. The molecular weight excluding hydrogens is 243 g/mol. The standard InChI is InChI=1S/C12H12ClFN2O/c1-3-9-7(2)15-16(12(9)17)8-4-5-10(13)11(14)6-8/h4-6,9H,3H2,1-2H3. The number of hydrazone groups is 1. The zero-order valence-electron chi connectivity index (χ0n) is 9.58. The zero-order chi connectivity index (χ0) is 12.6. The maximum atomic E-state index is 13.3. The molecule has 0 aliphatic carbocycles. The number of hydrogen-bond donors (Lipinski definition) is 0. The lowest BCUT2D eigenvalue weighted by Gasteiger charge is -2.13. The van der Waals surface area contributed by atoms with Gasteiger partial charge in [0.1, 0.15) is 5.82 Å². The van der Waals surface area contributed by atoms with Crippen LogP contribution >= 0.6 is 11.6 Å². The van der Waals surface area contributed by atoms with E-state index in [-0.39, 0.29) is 16.8 Å². The van der Waals surface area contributed by atoms with Crippen LogP contribution in [0.5, 0.6) is 0 Å². The molecule has 0 saturated heterocycles. The Morgan fingerprint density at radius 1 is 1.53 bits per heavy atom. The van der Waals surface area contributed by atoms with Crippen LogP contribution in [0.2, 0.25) is 5.02 Å². The second-order valence-electron chi connectivity index (χ2n) is 3.95. The highest BCUT2D eigenvalue weighted by Crippen LogP contribution is 2.28. The Balaban J connectivity index is 2.36. The molecule has 1 aromatic carbocycles. The van der Waals surface area contributed by atoms with Gasteiger partial charge in [0.05, 0.1) is 16.6 Å². The van der Waals surface area contributed by atoms with Crippen molar-refractivity contribution in [1.29, 1.82) is 0 Å². The van der Waals surface area contributed by atoms with E-state index in [0.29, 0.717) is 12.1 Å². The number of carbonyl (C=O) groups excluding carboxylic acids is 1. The first-order valence-electron chi connectivity index (χ1n) is 5.38. The van der Waals surface area contributed by atoms with Crippen LogP contribution in [0.4, 0.5) is 10.1 Å². The Bertz CT molecular complexity index is 501. The fourth-order valence-corrected chi connectivity index (χ4v) is 1.99. The van der Waals surface area contributed by atoms with Crippen LogP contribution in [0.1, 0.15) is 20.3 Å². The van der Waals surface area contributed by atoms with Gasteiger partial charge in [0.2, 0.25) is 0 Å². The molecule has 1 unspecified atom stereocenters. The number of carbonyl (C=O) groups is 1. The molecule has 1 atom stereocenters. The van der Waals surface area contributed by atoms with E-state index < -0.39 is 5.82 Å². The van der Waals surface area contributed by atoms with Gasteiger partial charge in [-0.2, -0.15) is 5.10 Å². The van der Waals surface area contributed by atoms with E-state index in [4.69, 9.17) is 11.6 Å². The highest BCUT2D eigenvalue weighted by Gasteiger charge is 2.33. The number of benzene rings is 1. The molecule has 1 aliphatic heterocycles. The van der Waals surface area contributed by atoms with E-state index in [1.54, 1.807) is 13.0 Å². The van der Waals surface area contributed by atoms with E-state index in [0.717, 1.165) is 5.71 Å². The second kappa shape index (κ2) is 4.45. The van der Waals surface area contributed by atoms with Gasteiger partial charge in [0.15, 0.2) is 0 Å². The van der Waals surface area contributed by atoms with Crippen LogP contribution in [-0.2, 0) is 4.79 Å². The molecule has 5 heteroatoms. The monoisotopic (exact) mass is 254 g/mol. The van der Waals surface area contributed by atoms with Crippen LogP contribution in [0, 0.1) is 11.7 Å². The molecule has 1 amide bonds. The van der Waals surface area contributed by atoms with E-state index in [9.17, 15) is 9.18 Å². The molecule has 0 spiro atoms. The van der Waals surface area contributed by atoms with Crippen molar-refractivity contribution in [2.24, 2.45) is 11.0 Å². The average Bonchev–Trinajstić information content (AvgIpc) is 2.58. The van der Waals surface area contributed by atoms with Gasteiger partial charge in [-0.3, -0.25) is 4.79 Å². The van der Waals surface area contributed by atoms with Gasteiger partial charge in [-0.1, -0.05) is 18.5 Å². The van der Waals surface area contributed by atoms with Crippen LogP contribution in [0.25, 0.3) is 0 Å². The van der Waals surface area contributed by atoms with Gasteiger partial charge in [-0.15, -0.1) is 0 Å². The van der Waals surface area contributed by atoms with E-state index in [1.165, 1.54) is 17.1 Å². The molecule has 90 valence electrons. The Hall–Kier alpha value is -1.42. The predicted octanol–water partition coefficient (Wildman–Crippen LogP) is 3.23. The van der Waals surface area contributed by atoms with Crippen molar-refractivity contribution in [2.45, 2.75) is 20.3 Å². The summed E-state index contributed by atoms with van der Waals surface area (Å²) in [6.45, 7) is 3.73. The van der Waals surface area contributed by atoms with Crippen molar-refractivity contribution in [3.63, 3.8) is 0 Å². The molecule has 1 aromatic rings. The van der Waals surface area contributed by atoms with E-state index in [2.05, 4.69) is 5.10 Å². The molecule has 0 aromatic heterocycles. The number of rotatable bonds is 2. The SMILES string of the molecule is CCC1C(=O)N(c2ccc(Cl)c(F)c2)N=C1C. The lowest BCUT2D eigenvalue weighted by atomic mass is 10.0. The smallest absolute Gasteiger partial charge is 0.256 e. The summed E-state index contributed by atoms with van der Waals surface area (Å²) in [6, 6.07) is 4.22. The summed E-state index contributed by atoms with van der Waals surface area (Å²) < 4.78 is 13.3. The Morgan fingerprint density at radius 2 is 2.24 bits per heavy atom. The van der Waals surface area contributed by atoms with Gasteiger partial charge < -0.3 is 0 Å². The number of nitrogens with zero attached hydrogens (tertiary/aromatic N) is 2. The van der Waals surface area contributed by atoms with Gasteiger partial charge in [-0.25, -0.2) is 9.40 Å². The minimum Gasteiger partial charge on any atom is -0.272 e. The third kappa shape index (κ3) is 2.05. The third-order valence-electron chi connectivity index (χ3n) is 2.82. The maximum absolute atomic E-state index is 13.3. The molecular formula is C12H12ClFN2O. The fraction of sp³-hybridized carbons (Fsp3) is 0.333. The number of hydrogen-bond acceptors (Lipinski definition) is 2. The molecule has 0 bridgehead atoms. The number of anilines is 1. The van der Waals surface area contributed by atoms with Gasteiger partial charge in [0.25, 0.3) is 5.91 Å². The summed E-state index contributed by atoms with van der Waals surface area (Å²) in [5.74, 6) is -0.870. The van der Waals surface area contributed by atoms with Crippen molar-refractivity contribution in [3.05, 3.63) is 29.0 Å². The van der Waals surface area contributed by atoms with Crippen LogP contribution in [0.15, 0.2) is 23.3 Å². The molecule has 17 heavy (non-hydrogen) atoms. The lowest BCUT2D eigenvalue weighted by Crippen LogP contribution is -2.26. The van der Waals surface area contributed by atoms with Crippen LogP contribution in [-0.4, -0.2) is 11.6 Å². The molecule has 1 aliphatic rings. The summed E-state index contributed by atoms with van der Waals surface area (Å²) in [6.07, 6.45) is 0.695. The molecule has 0 radical (unpaired) electrons. The largest absolute Gasteiger partial charge is 0.272 e. The zero-order valence-corrected chi connectivity index (χ0v) is 10.3. The third-order valence-corrected chi connectivity index (χ3v) is 3.13. The van der Waals surface area contributed by atoms with Crippen LogP contribution in [0.3, 0.4) is 0 Å². The Labute approximate surface area is 104 Å². The van der Waals surface area contributed by atoms with E-state index in [1.807, 2.05) is 6.92 Å². The molecule has 2 rings (SSSR count). The summed E-state index contributed by atoms with van der Waals surface area (Å²) in [5.41, 5.74) is 1.17. The summed E-state index contributed by atoms with van der Waals surface area (Å²) >= 11 is 5.59. The normalized spacial score (nSPS) is 19.8. The maximum Gasteiger partial charge on any atom is 0.256 e. The minimum absolute atomic E-state index is 0.0353. The fourth-order valence-electron chi connectivity index (χ4n) is 1.87. The first-order chi connectivity index (χ1) is 8.04. The lowest BCUT2D eigenvalue weighted by molar-refractivity contribution is -0.119. The summed E-state index contributed by atoms with van der Waals surface area (Å²) in [7, 11) is 0. The number of halogens is 2. The van der Waals surface area contributed by atoms with E-state index >= 15 is 0 Å². The molecule has 0 saturated carbocycles. The van der Waals surface area contributed by atoms with Gasteiger partial charge in [0, 0.05) is 11.8 Å². The predicted molar refractivity (Wildman–Crippen MR) is 65.8 cm³/mol. The minimum atomic E-state index is -0.551. The van der Waals surface area contributed by atoms with Crippen molar-refractivity contribution in [3.8, 4) is 0 Å². The highest BCUT2D eigenvalue weighted by atomic mass is 35.5. The van der Waals surface area contributed by atoms with Gasteiger partial charge >= 0.3 is 0 Å². The topological polar surface area (TPSA) is 32.7 Å². The molecule has 0 fully saturated rings. The highest BCUT2D eigenvalue weighted by molar-refractivity contribution is 6.30. The summed E-state index contributed by atoms with van der Waals surface area (Å²) in [5, 5.41) is 5.43. The average molecular weight is 255 g/mol. The van der Waals surface area contributed by atoms with Gasteiger partial charge in [-0.05, 0) is 25.5 Å².